The van der Waals surface area contributed by atoms with Crippen LogP contribution in [-0.4, -0.2) is 56.3 Å². The Kier molecular flexibility index (Phi) is 11.2. The Bertz CT molecular complexity index is 1360. The Hall–Kier alpha value is -4.99. The summed E-state index contributed by atoms with van der Waals surface area (Å²) in [4.78, 5) is 61.4. The highest BCUT2D eigenvalue weighted by Crippen LogP contribution is 2.16. The summed E-state index contributed by atoms with van der Waals surface area (Å²) in [6.45, 7) is 1.08. The van der Waals surface area contributed by atoms with Crippen molar-refractivity contribution in [1.29, 1.82) is 0 Å². The average molecular weight is 562 g/mol. The number of ketones is 2. The van der Waals surface area contributed by atoms with E-state index in [1.165, 1.54) is 45.4 Å². The molecule has 3 rings (SSSR count). The van der Waals surface area contributed by atoms with Crippen LogP contribution in [0.3, 0.4) is 0 Å². The minimum atomic E-state index is -0.963. The van der Waals surface area contributed by atoms with Crippen molar-refractivity contribution >= 4 is 35.1 Å². The molecule has 0 radical (unpaired) electrons. The van der Waals surface area contributed by atoms with Crippen molar-refractivity contribution in [2.75, 3.05) is 26.1 Å². The monoisotopic (exact) mass is 561 g/mol. The third-order valence-corrected chi connectivity index (χ3v) is 5.99. The summed E-state index contributed by atoms with van der Waals surface area (Å²) in [6, 6.07) is 18.9. The lowest BCUT2D eigenvalue weighted by Gasteiger charge is -2.12. The zero-order valence-electron chi connectivity index (χ0n) is 23.0. The van der Waals surface area contributed by atoms with Crippen LogP contribution < -0.4 is 14.8 Å². The minimum absolute atomic E-state index is 0.0341. The summed E-state index contributed by atoms with van der Waals surface area (Å²) in [5.74, 6) is -1.07. The molecule has 0 aliphatic rings. The first kappa shape index (κ1) is 30.6. The lowest BCUT2D eigenvalue weighted by Crippen LogP contribution is -2.24. The Morgan fingerprint density at radius 1 is 0.707 bits per heavy atom. The zero-order valence-corrected chi connectivity index (χ0v) is 23.0. The fourth-order valence-corrected chi connectivity index (χ4v) is 3.68. The molecule has 3 aromatic carbocycles. The van der Waals surface area contributed by atoms with Crippen LogP contribution in [0.4, 0.5) is 5.69 Å². The van der Waals surface area contributed by atoms with Gasteiger partial charge in [-0.2, -0.15) is 0 Å². The number of methoxy groups -OCH3 is 2. The van der Waals surface area contributed by atoms with Gasteiger partial charge in [-0.3, -0.25) is 19.2 Å². The highest BCUT2D eigenvalue weighted by Gasteiger charge is 2.20. The van der Waals surface area contributed by atoms with Crippen molar-refractivity contribution in [3.8, 4) is 11.5 Å². The van der Waals surface area contributed by atoms with Crippen molar-refractivity contribution in [2.45, 2.75) is 32.3 Å². The molecule has 41 heavy (non-hydrogen) atoms. The Labute approximate surface area is 237 Å². The molecule has 0 saturated heterocycles. The number of ether oxygens (including phenoxy) is 4. The number of esters is 2. The van der Waals surface area contributed by atoms with E-state index >= 15 is 0 Å². The second kappa shape index (κ2) is 15.0. The molecule has 1 N–H and O–H groups in total. The predicted molar refractivity (Wildman–Crippen MR) is 149 cm³/mol. The summed E-state index contributed by atoms with van der Waals surface area (Å²) in [7, 11) is 3.04. The van der Waals surface area contributed by atoms with Gasteiger partial charge in [0.25, 0.3) is 0 Å². The Morgan fingerprint density at radius 2 is 1.24 bits per heavy atom. The highest BCUT2D eigenvalue weighted by molar-refractivity contribution is 6.00. The molecule has 0 heterocycles. The van der Waals surface area contributed by atoms with Crippen LogP contribution in [0.1, 0.15) is 57.3 Å². The molecule has 1 unspecified atom stereocenters. The maximum Gasteiger partial charge on any atom is 0.338 e. The smallest absolute Gasteiger partial charge is 0.338 e. The molecule has 0 aliphatic heterocycles. The highest BCUT2D eigenvalue weighted by atomic mass is 16.5. The predicted octanol–water partition coefficient (Wildman–Crippen LogP) is 4.67. The Balaban J connectivity index is 1.37. The number of rotatable bonds is 14. The van der Waals surface area contributed by atoms with E-state index in [0.29, 0.717) is 28.3 Å². The molecule has 0 saturated carbocycles. The van der Waals surface area contributed by atoms with Gasteiger partial charge < -0.3 is 24.3 Å². The van der Waals surface area contributed by atoms with Gasteiger partial charge in [0.2, 0.25) is 11.7 Å². The van der Waals surface area contributed by atoms with Crippen molar-refractivity contribution in [2.24, 2.45) is 0 Å². The van der Waals surface area contributed by atoms with Gasteiger partial charge in [0.05, 0.1) is 19.8 Å². The molecule has 0 aromatic heterocycles. The molecule has 0 spiro atoms. The first-order valence-corrected chi connectivity index (χ1v) is 12.8. The molecule has 0 fully saturated rings. The minimum Gasteiger partial charge on any atom is -0.497 e. The summed E-state index contributed by atoms with van der Waals surface area (Å²) in [5.41, 5.74) is 1.45. The summed E-state index contributed by atoms with van der Waals surface area (Å²) >= 11 is 0. The first-order valence-electron chi connectivity index (χ1n) is 12.8. The number of hydrogen-bond donors (Lipinski definition) is 1. The van der Waals surface area contributed by atoms with Gasteiger partial charge in [-0.25, -0.2) is 4.79 Å². The van der Waals surface area contributed by atoms with Gasteiger partial charge in [0.1, 0.15) is 11.5 Å². The van der Waals surface area contributed by atoms with Crippen LogP contribution >= 0.6 is 0 Å². The molecule has 214 valence electrons. The average Bonchev–Trinajstić information content (AvgIpc) is 2.99. The third kappa shape index (κ3) is 9.31. The zero-order chi connectivity index (χ0) is 29.8. The van der Waals surface area contributed by atoms with Crippen molar-refractivity contribution in [3.05, 3.63) is 89.5 Å². The largest absolute Gasteiger partial charge is 0.497 e. The van der Waals surface area contributed by atoms with E-state index in [1.807, 2.05) is 0 Å². The van der Waals surface area contributed by atoms with Crippen LogP contribution in [0, 0.1) is 0 Å². The number of hydrogen-bond acceptors (Lipinski definition) is 9. The fourth-order valence-electron chi connectivity index (χ4n) is 3.68. The molecule has 0 bridgehead atoms. The van der Waals surface area contributed by atoms with Gasteiger partial charge >= 0.3 is 11.9 Å². The second-order valence-corrected chi connectivity index (χ2v) is 8.93. The number of carbonyl (C=O) groups excluding carboxylic acids is 5. The molecular formula is C31H31NO9. The fraction of sp³-hybridized carbons (Fsp3) is 0.258. The molecule has 10 heteroatoms. The molecule has 1 amide bonds. The maximum atomic E-state index is 12.4. The second-order valence-electron chi connectivity index (χ2n) is 8.93. The van der Waals surface area contributed by atoms with Crippen LogP contribution in [-0.2, 0) is 19.1 Å². The van der Waals surface area contributed by atoms with E-state index in [0.717, 1.165) is 0 Å². The number of amides is 1. The number of anilines is 1. The molecule has 3 aromatic rings. The topological polar surface area (TPSA) is 134 Å². The number of benzene rings is 3. The van der Waals surface area contributed by atoms with Gasteiger partial charge in [-0.05, 0) is 86.1 Å². The maximum absolute atomic E-state index is 12.4. The van der Waals surface area contributed by atoms with Crippen LogP contribution in [0.25, 0.3) is 0 Å². The van der Waals surface area contributed by atoms with Crippen molar-refractivity contribution in [3.63, 3.8) is 0 Å². The van der Waals surface area contributed by atoms with Crippen LogP contribution in [0.2, 0.25) is 0 Å². The van der Waals surface area contributed by atoms with Gasteiger partial charge in [-0.15, -0.1) is 0 Å². The third-order valence-electron chi connectivity index (χ3n) is 5.99. The van der Waals surface area contributed by atoms with Gasteiger partial charge in [-0.1, -0.05) is 0 Å². The quantitative estimate of drug-likeness (QED) is 0.220. The SMILES string of the molecule is COc1ccc(C(=O)COC(=O)c2ccc(NC(=O)CCCC(=O)OC(C)C(=O)c3ccc(OC)cc3)cc2)cc1. The lowest BCUT2D eigenvalue weighted by molar-refractivity contribution is -0.146. The van der Waals surface area contributed by atoms with E-state index in [9.17, 15) is 24.0 Å². The first-order chi connectivity index (χ1) is 19.7. The van der Waals surface area contributed by atoms with Gasteiger partial charge in [0, 0.05) is 29.7 Å². The van der Waals surface area contributed by atoms with Gasteiger partial charge in [0.15, 0.2) is 18.5 Å². The summed E-state index contributed by atoms with van der Waals surface area (Å²) in [6.07, 6.45) is -0.725. The molecule has 10 nitrogen and oxygen atoms in total. The van der Waals surface area contributed by atoms with E-state index in [2.05, 4.69) is 5.32 Å². The van der Waals surface area contributed by atoms with E-state index in [4.69, 9.17) is 18.9 Å². The number of nitrogens with one attached hydrogen (secondary N) is 1. The molecular weight excluding hydrogens is 530 g/mol. The summed E-state index contributed by atoms with van der Waals surface area (Å²) < 4.78 is 20.4. The van der Waals surface area contributed by atoms with E-state index in [1.54, 1.807) is 48.5 Å². The van der Waals surface area contributed by atoms with Crippen molar-refractivity contribution < 1.29 is 42.9 Å². The number of carbonyl (C=O) groups is 5. The standard InChI is InChI=1S/C31H31NO9/c1-20(30(36)22-11-17-26(39-3)18-12-22)41-29(35)6-4-5-28(34)32-24-13-7-23(8-14-24)31(37)40-19-27(33)21-9-15-25(38-2)16-10-21/h7-18,20H,4-6,19H2,1-3H3,(H,32,34). The molecule has 0 aliphatic carbocycles. The number of Topliss-reactive ketones (excluding diaryl/α,β-unsaturated/α-hetero) is 2. The van der Waals surface area contributed by atoms with Crippen molar-refractivity contribution in [1.82, 2.24) is 0 Å². The van der Waals surface area contributed by atoms with Crippen LogP contribution in [0.5, 0.6) is 11.5 Å². The Morgan fingerprint density at radius 3 is 1.80 bits per heavy atom. The summed E-state index contributed by atoms with van der Waals surface area (Å²) in [5, 5.41) is 2.68. The van der Waals surface area contributed by atoms with Crippen LogP contribution in [0.15, 0.2) is 72.8 Å². The lowest BCUT2D eigenvalue weighted by atomic mass is 10.1. The normalized spacial score (nSPS) is 11.1. The van der Waals surface area contributed by atoms with E-state index in [-0.39, 0.29) is 42.3 Å². The molecule has 1 atom stereocenters. The van der Waals surface area contributed by atoms with E-state index < -0.39 is 24.6 Å².